The zero-order valence-corrected chi connectivity index (χ0v) is 21.6. The summed E-state index contributed by atoms with van der Waals surface area (Å²) in [6.07, 6.45) is 0. The van der Waals surface area contributed by atoms with E-state index in [0.29, 0.717) is 39.2 Å². The van der Waals surface area contributed by atoms with Gasteiger partial charge in [-0.25, -0.2) is 4.98 Å². The van der Waals surface area contributed by atoms with Crippen LogP contribution in [-0.2, 0) is 4.79 Å². The molecule has 1 N–H and O–H groups in total. The summed E-state index contributed by atoms with van der Waals surface area (Å²) in [5.74, 6) is -0.963. The molecular weight excluding hydrogens is 484 g/mol. The molecule has 5 rings (SSSR count). The van der Waals surface area contributed by atoms with E-state index in [1.165, 1.54) is 16.2 Å². The van der Waals surface area contributed by atoms with Crippen LogP contribution in [0.25, 0.3) is 10.6 Å². The Morgan fingerprint density at radius 3 is 2.46 bits per heavy atom. The van der Waals surface area contributed by atoms with Crippen LogP contribution in [0, 0.1) is 13.8 Å². The molecule has 0 spiro atoms. The molecule has 4 aromatic rings. The number of aromatic nitrogens is 1. The van der Waals surface area contributed by atoms with Crippen LogP contribution in [0.15, 0.2) is 90.2 Å². The first-order valence-corrected chi connectivity index (χ1v) is 12.8. The Balaban J connectivity index is 1.63. The highest BCUT2D eigenvalue weighted by atomic mass is 32.1. The maximum atomic E-state index is 14.0. The minimum Gasteiger partial charge on any atom is -0.503 e. The Bertz CT molecular complexity index is 1510. The van der Waals surface area contributed by atoms with E-state index in [4.69, 9.17) is 4.74 Å². The zero-order chi connectivity index (χ0) is 26.1. The third-order valence-corrected chi connectivity index (χ3v) is 7.48. The Morgan fingerprint density at radius 1 is 1.03 bits per heavy atom. The molecule has 7 heteroatoms. The second-order valence-corrected chi connectivity index (χ2v) is 9.81. The van der Waals surface area contributed by atoms with Gasteiger partial charge in [-0.1, -0.05) is 60.2 Å². The van der Waals surface area contributed by atoms with Gasteiger partial charge < -0.3 is 9.84 Å². The summed E-state index contributed by atoms with van der Waals surface area (Å²) in [5.41, 5.74) is 3.77. The highest BCUT2D eigenvalue weighted by Gasteiger charge is 2.45. The highest BCUT2D eigenvalue weighted by molar-refractivity contribution is 7.17. The first-order chi connectivity index (χ1) is 17.9. The van der Waals surface area contributed by atoms with Crippen molar-refractivity contribution in [3.63, 3.8) is 0 Å². The largest absolute Gasteiger partial charge is 0.503 e. The van der Waals surface area contributed by atoms with Gasteiger partial charge >= 0.3 is 0 Å². The number of carbonyl (C=O) groups excluding carboxylic acids is 2. The first kappa shape index (κ1) is 24.5. The normalized spacial score (nSPS) is 15.4. The van der Waals surface area contributed by atoms with E-state index in [-0.39, 0.29) is 5.57 Å². The van der Waals surface area contributed by atoms with Crippen molar-refractivity contribution in [2.75, 3.05) is 11.5 Å². The van der Waals surface area contributed by atoms with Crippen LogP contribution in [-0.4, -0.2) is 28.4 Å². The van der Waals surface area contributed by atoms with E-state index in [9.17, 15) is 14.7 Å². The molecule has 1 aliphatic rings. The first-order valence-electron chi connectivity index (χ1n) is 12.0. The summed E-state index contributed by atoms with van der Waals surface area (Å²) >= 11 is 1.26. The molecule has 0 bridgehead atoms. The number of hydrogen-bond donors (Lipinski definition) is 1. The number of benzene rings is 3. The second-order valence-electron chi connectivity index (χ2n) is 8.81. The van der Waals surface area contributed by atoms with Crippen molar-refractivity contribution in [1.29, 1.82) is 0 Å². The van der Waals surface area contributed by atoms with Gasteiger partial charge in [-0.3, -0.25) is 14.5 Å². The molecule has 0 saturated heterocycles. The third kappa shape index (κ3) is 4.54. The summed E-state index contributed by atoms with van der Waals surface area (Å²) in [4.78, 5) is 34.0. The van der Waals surface area contributed by atoms with E-state index >= 15 is 0 Å². The van der Waals surface area contributed by atoms with E-state index in [1.807, 2.05) is 92.7 Å². The molecule has 37 heavy (non-hydrogen) atoms. The Morgan fingerprint density at radius 2 is 1.76 bits per heavy atom. The molecule has 1 atom stereocenters. The van der Waals surface area contributed by atoms with Crippen molar-refractivity contribution in [2.24, 2.45) is 0 Å². The SMILES string of the molecule is CCOc1cccc(C2C(C(=O)c3sc(-c4ccccc4)nc3C)=C(O)C(=O)N2c2ccc(C)cc2)c1. The van der Waals surface area contributed by atoms with Gasteiger partial charge in [-0.15, -0.1) is 11.3 Å². The topological polar surface area (TPSA) is 79.7 Å². The molecular formula is C30H26N2O4S. The molecule has 0 aliphatic carbocycles. The van der Waals surface area contributed by atoms with E-state index in [0.717, 1.165) is 11.1 Å². The van der Waals surface area contributed by atoms with E-state index < -0.39 is 23.5 Å². The number of anilines is 1. The summed E-state index contributed by atoms with van der Waals surface area (Å²) < 4.78 is 5.69. The van der Waals surface area contributed by atoms with E-state index in [1.54, 1.807) is 6.92 Å². The fourth-order valence-electron chi connectivity index (χ4n) is 4.50. The predicted octanol–water partition coefficient (Wildman–Crippen LogP) is 6.61. The van der Waals surface area contributed by atoms with Gasteiger partial charge in [0.15, 0.2) is 5.76 Å². The lowest BCUT2D eigenvalue weighted by Gasteiger charge is -2.27. The molecule has 1 aliphatic heterocycles. The number of carbonyl (C=O) groups is 2. The Labute approximate surface area is 219 Å². The number of thiazole rings is 1. The fraction of sp³-hybridized carbons (Fsp3) is 0.167. The number of Topliss-reactive ketones (excluding diaryl/α,β-unsaturated/α-hetero) is 1. The molecule has 186 valence electrons. The number of rotatable bonds is 7. The number of nitrogens with zero attached hydrogens (tertiary/aromatic N) is 2. The van der Waals surface area contributed by atoms with Gasteiger partial charge in [0.1, 0.15) is 10.8 Å². The standard InChI is InChI=1S/C30H26N2O4S/c1-4-36-23-12-8-11-21(17-23)25-24(27(34)30(35)32(25)22-15-13-18(2)14-16-22)26(33)28-19(3)31-29(37-28)20-9-6-5-7-10-20/h5-17,25,34H,4H2,1-3H3. The summed E-state index contributed by atoms with van der Waals surface area (Å²) in [7, 11) is 0. The lowest BCUT2D eigenvalue weighted by atomic mass is 9.94. The van der Waals surface area contributed by atoms with Crippen LogP contribution >= 0.6 is 11.3 Å². The van der Waals surface area contributed by atoms with Crippen molar-refractivity contribution >= 4 is 28.7 Å². The van der Waals surface area contributed by atoms with Crippen molar-refractivity contribution in [3.8, 4) is 16.3 Å². The lowest BCUT2D eigenvalue weighted by molar-refractivity contribution is -0.117. The maximum absolute atomic E-state index is 14.0. The minimum atomic E-state index is -0.829. The molecule has 3 aromatic carbocycles. The Hall–Kier alpha value is -4.23. The summed E-state index contributed by atoms with van der Waals surface area (Å²) in [6, 6.07) is 23.5. The van der Waals surface area contributed by atoms with Crippen molar-refractivity contribution in [1.82, 2.24) is 4.98 Å². The molecule has 0 fully saturated rings. The summed E-state index contributed by atoms with van der Waals surface area (Å²) in [5, 5.41) is 11.8. The van der Waals surface area contributed by atoms with Gasteiger partial charge in [0.05, 0.1) is 28.8 Å². The fourth-order valence-corrected chi connectivity index (χ4v) is 5.52. The minimum absolute atomic E-state index is 0.0329. The molecule has 0 saturated carbocycles. The highest BCUT2D eigenvalue weighted by Crippen LogP contribution is 2.44. The number of ether oxygens (including phenoxy) is 1. The van der Waals surface area contributed by atoms with E-state index in [2.05, 4.69) is 4.98 Å². The number of ketones is 1. The molecule has 1 unspecified atom stereocenters. The molecule has 0 radical (unpaired) electrons. The van der Waals surface area contributed by atoms with Crippen LogP contribution in [0.2, 0.25) is 0 Å². The van der Waals surface area contributed by atoms with Gasteiger partial charge in [-0.05, 0) is 50.6 Å². The number of aryl methyl sites for hydroxylation is 2. The zero-order valence-electron chi connectivity index (χ0n) is 20.8. The lowest BCUT2D eigenvalue weighted by Crippen LogP contribution is -2.31. The van der Waals surface area contributed by atoms with Gasteiger partial charge in [0.2, 0.25) is 5.78 Å². The van der Waals surface area contributed by atoms with Gasteiger partial charge in [0, 0.05) is 11.3 Å². The number of hydrogen-bond acceptors (Lipinski definition) is 6. The van der Waals surface area contributed by atoms with Crippen molar-refractivity contribution in [2.45, 2.75) is 26.8 Å². The predicted molar refractivity (Wildman–Crippen MR) is 145 cm³/mol. The molecule has 2 heterocycles. The number of aliphatic hydroxyl groups is 1. The van der Waals surface area contributed by atoms with Gasteiger partial charge in [-0.2, -0.15) is 0 Å². The summed E-state index contributed by atoms with van der Waals surface area (Å²) in [6.45, 7) is 6.10. The van der Waals surface area contributed by atoms with Crippen molar-refractivity contribution in [3.05, 3.63) is 112 Å². The molecule has 6 nitrogen and oxygen atoms in total. The third-order valence-electron chi connectivity index (χ3n) is 6.27. The molecule has 1 aromatic heterocycles. The molecule has 1 amide bonds. The number of aliphatic hydroxyl groups excluding tert-OH is 1. The van der Waals surface area contributed by atoms with Crippen LogP contribution in [0.3, 0.4) is 0 Å². The van der Waals surface area contributed by atoms with Crippen LogP contribution in [0.1, 0.15) is 39.5 Å². The van der Waals surface area contributed by atoms with Crippen LogP contribution < -0.4 is 9.64 Å². The van der Waals surface area contributed by atoms with Crippen LogP contribution in [0.4, 0.5) is 5.69 Å². The Kier molecular flexibility index (Phi) is 6.63. The quantitative estimate of drug-likeness (QED) is 0.283. The van der Waals surface area contributed by atoms with Gasteiger partial charge in [0.25, 0.3) is 5.91 Å². The van der Waals surface area contributed by atoms with Crippen LogP contribution in [0.5, 0.6) is 5.75 Å². The van der Waals surface area contributed by atoms with Crippen molar-refractivity contribution < 1.29 is 19.4 Å². The average Bonchev–Trinajstić information content (AvgIpc) is 3.42. The monoisotopic (exact) mass is 510 g/mol. The smallest absolute Gasteiger partial charge is 0.294 e. The number of amides is 1. The maximum Gasteiger partial charge on any atom is 0.294 e. The average molecular weight is 511 g/mol. The second kappa shape index (κ2) is 10.0.